The van der Waals surface area contributed by atoms with E-state index in [1.807, 2.05) is 23.5 Å². The SMILES string of the molecule is c1ccc(-n2c3ccccc3c3cc(-c4ccc5c(c4)sc4ccc(-c6ccc7oc8cccc(-c9nc(-c%10ccc%11c(c%10)sc%10ccccc%10%11)nc(-c%10ccc%11c(c%10)sc%10ccccc%10%11)n9)c8c7c6)cc45)ccc32)cc1. The van der Waals surface area contributed by atoms with Crippen LogP contribution < -0.4 is 0 Å². The molecule has 11 aromatic carbocycles. The van der Waals surface area contributed by atoms with E-state index in [4.69, 9.17) is 19.4 Å². The smallest absolute Gasteiger partial charge is 0.164 e. The molecule has 0 saturated carbocycles. The Morgan fingerprint density at radius 3 is 1.47 bits per heavy atom. The topological polar surface area (TPSA) is 56.7 Å². The quantitative estimate of drug-likeness (QED) is 0.167. The summed E-state index contributed by atoms with van der Waals surface area (Å²) in [5.74, 6) is 1.85. The highest BCUT2D eigenvalue weighted by atomic mass is 32.1. The Hall–Kier alpha value is -9.31. The zero-order valence-corrected chi connectivity index (χ0v) is 43.3. The molecule has 0 atom stereocenters. The zero-order valence-electron chi connectivity index (χ0n) is 40.9. The van der Waals surface area contributed by atoms with Crippen molar-refractivity contribution in [2.45, 2.75) is 0 Å². The normalized spacial score (nSPS) is 12.2. The molecule has 0 saturated heterocycles. The number of aromatic nitrogens is 4. The van der Waals surface area contributed by atoms with Crippen molar-refractivity contribution >= 4 is 138 Å². The number of nitrogens with zero attached hydrogens (tertiary/aromatic N) is 4. The number of rotatable bonds is 6. The van der Waals surface area contributed by atoms with E-state index in [0.717, 1.165) is 55.4 Å². The highest BCUT2D eigenvalue weighted by molar-refractivity contribution is 7.26. The van der Waals surface area contributed by atoms with E-state index in [1.54, 1.807) is 22.7 Å². The van der Waals surface area contributed by atoms with Gasteiger partial charge in [-0.25, -0.2) is 15.0 Å². The standard InChI is InChI=1S/C69H38N4OS3/c1-2-11-45(12-3-1)73-56-17-7-4-13-46(56)53-33-39(24-30-57(53)73)42-21-27-51-54-34-41(26-32-62(54)77-63(51)36-42)40-25-31-58-55(35-40)66-52(16-10-18-59(66)74-58)69-71-67(43-22-28-49-47-14-5-8-19-60(47)75-64(49)37-43)70-68(72-69)44-23-29-50-48-15-6-9-20-61(48)76-65(50)38-44/h1-38H. The highest BCUT2D eigenvalue weighted by Gasteiger charge is 2.21. The number of hydrogen-bond acceptors (Lipinski definition) is 7. The monoisotopic (exact) mass is 1030 g/mol. The maximum atomic E-state index is 6.65. The lowest BCUT2D eigenvalue weighted by molar-refractivity contribution is 0.669. The summed E-state index contributed by atoms with van der Waals surface area (Å²) in [6.45, 7) is 0. The molecule has 0 bridgehead atoms. The molecule has 0 spiro atoms. The van der Waals surface area contributed by atoms with Gasteiger partial charge in [-0.05, 0) is 113 Å². The highest BCUT2D eigenvalue weighted by Crippen LogP contribution is 2.44. The van der Waals surface area contributed by atoms with Gasteiger partial charge >= 0.3 is 0 Å². The zero-order chi connectivity index (χ0) is 50.3. The molecule has 0 aliphatic heterocycles. The minimum absolute atomic E-state index is 0.598. The van der Waals surface area contributed by atoms with Crippen LogP contribution in [0.1, 0.15) is 0 Å². The van der Waals surface area contributed by atoms with Crippen molar-refractivity contribution in [3.8, 4) is 62.1 Å². The summed E-state index contributed by atoms with van der Waals surface area (Å²) in [4.78, 5) is 15.9. The molecule has 6 aromatic heterocycles. The van der Waals surface area contributed by atoms with E-state index < -0.39 is 0 Å². The summed E-state index contributed by atoms with van der Waals surface area (Å²) < 4.78 is 16.5. The first kappa shape index (κ1) is 43.0. The summed E-state index contributed by atoms with van der Waals surface area (Å²) in [6.07, 6.45) is 0. The molecule has 0 N–H and O–H groups in total. The van der Waals surface area contributed by atoms with Crippen LogP contribution in [0.2, 0.25) is 0 Å². The van der Waals surface area contributed by atoms with E-state index in [0.29, 0.717) is 17.5 Å². The molecule has 8 heteroatoms. The van der Waals surface area contributed by atoms with Crippen molar-refractivity contribution in [1.82, 2.24) is 19.5 Å². The molecular formula is C69H38N4OS3. The molecule has 358 valence electrons. The first-order valence-corrected chi connectivity index (χ1v) is 28.2. The maximum Gasteiger partial charge on any atom is 0.164 e. The fourth-order valence-electron chi connectivity index (χ4n) is 11.8. The van der Waals surface area contributed by atoms with Crippen LogP contribution in [-0.2, 0) is 0 Å². The predicted octanol–water partition coefficient (Wildman–Crippen LogP) is 20.3. The third-order valence-electron chi connectivity index (χ3n) is 15.5. The number of benzene rings is 11. The van der Waals surface area contributed by atoms with Crippen LogP contribution in [0.15, 0.2) is 235 Å². The molecule has 77 heavy (non-hydrogen) atoms. The summed E-state index contributed by atoms with van der Waals surface area (Å²) >= 11 is 5.45. The molecular weight excluding hydrogens is 997 g/mol. The van der Waals surface area contributed by atoms with Gasteiger partial charge in [-0.1, -0.05) is 140 Å². The van der Waals surface area contributed by atoms with Crippen LogP contribution in [0.4, 0.5) is 0 Å². The van der Waals surface area contributed by atoms with Gasteiger partial charge in [0.2, 0.25) is 0 Å². The maximum absolute atomic E-state index is 6.65. The largest absolute Gasteiger partial charge is 0.456 e. The van der Waals surface area contributed by atoms with Crippen LogP contribution >= 0.6 is 34.0 Å². The third kappa shape index (κ3) is 6.73. The lowest BCUT2D eigenvalue weighted by Crippen LogP contribution is -2.00. The molecule has 0 fully saturated rings. The molecule has 0 radical (unpaired) electrons. The van der Waals surface area contributed by atoms with E-state index in [-0.39, 0.29) is 0 Å². The van der Waals surface area contributed by atoms with Gasteiger partial charge in [-0.3, -0.25) is 0 Å². The number of hydrogen-bond donors (Lipinski definition) is 0. The minimum Gasteiger partial charge on any atom is -0.456 e. The van der Waals surface area contributed by atoms with Crippen molar-refractivity contribution in [3.63, 3.8) is 0 Å². The van der Waals surface area contributed by atoms with Gasteiger partial charge in [-0.15, -0.1) is 34.0 Å². The van der Waals surface area contributed by atoms with Crippen molar-refractivity contribution in [3.05, 3.63) is 231 Å². The van der Waals surface area contributed by atoms with Crippen LogP contribution in [0.25, 0.3) is 166 Å². The van der Waals surface area contributed by atoms with Crippen molar-refractivity contribution in [1.29, 1.82) is 0 Å². The first-order valence-electron chi connectivity index (χ1n) is 25.7. The van der Waals surface area contributed by atoms with E-state index in [2.05, 4.69) is 223 Å². The Kier molecular flexibility index (Phi) is 9.26. The third-order valence-corrected chi connectivity index (χ3v) is 18.9. The molecule has 0 amide bonds. The summed E-state index contributed by atoms with van der Waals surface area (Å²) in [5, 5.41) is 12.0. The number of thiophene rings is 3. The van der Waals surface area contributed by atoms with Gasteiger partial charge in [0.05, 0.1) is 11.0 Å². The molecule has 6 heterocycles. The van der Waals surface area contributed by atoms with Gasteiger partial charge in [0.25, 0.3) is 0 Å². The van der Waals surface area contributed by atoms with Gasteiger partial charge in [0, 0.05) is 104 Å². The lowest BCUT2D eigenvalue weighted by Gasteiger charge is -2.10. The van der Waals surface area contributed by atoms with Gasteiger partial charge in [0.15, 0.2) is 17.5 Å². The Morgan fingerprint density at radius 2 is 0.766 bits per heavy atom. The summed E-state index contributed by atoms with van der Waals surface area (Å²) in [7, 11) is 0. The van der Waals surface area contributed by atoms with Crippen molar-refractivity contribution in [2.24, 2.45) is 0 Å². The molecule has 0 unspecified atom stereocenters. The molecule has 17 rings (SSSR count). The molecule has 5 nitrogen and oxygen atoms in total. The van der Waals surface area contributed by atoms with Crippen molar-refractivity contribution in [2.75, 3.05) is 0 Å². The molecule has 0 aliphatic carbocycles. The van der Waals surface area contributed by atoms with Crippen molar-refractivity contribution < 1.29 is 4.42 Å². The van der Waals surface area contributed by atoms with Gasteiger partial charge < -0.3 is 8.98 Å². The van der Waals surface area contributed by atoms with E-state index in [1.165, 1.54) is 93.4 Å². The Bertz CT molecular complexity index is 5180. The second-order valence-electron chi connectivity index (χ2n) is 19.9. The lowest BCUT2D eigenvalue weighted by atomic mass is 9.98. The fraction of sp³-hybridized carbons (Fsp3) is 0. The fourth-order valence-corrected chi connectivity index (χ4v) is 15.2. The van der Waals surface area contributed by atoms with Crippen LogP contribution in [0.5, 0.6) is 0 Å². The number of para-hydroxylation sites is 2. The Morgan fingerprint density at radius 1 is 0.286 bits per heavy atom. The second kappa shape index (κ2) is 16.6. The number of fused-ring (bicyclic) bond motifs is 15. The summed E-state index contributed by atoms with van der Waals surface area (Å²) in [5.41, 5.74) is 12.6. The Balaban J connectivity index is 0.775. The Labute approximate surface area is 451 Å². The van der Waals surface area contributed by atoms with E-state index >= 15 is 0 Å². The van der Waals surface area contributed by atoms with E-state index in [9.17, 15) is 0 Å². The van der Waals surface area contributed by atoms with Gasteiger partial charge in [-0.2, -0.15) is 0 Å². The molecule has 17 aromatic rings. The minimum atomic E-state index is 0.598. The van der Waals surface area contributed by atoms with Crippen LogP contribution in [0, 0.1) is 0 Å². The average Bonchev–Trinajstić information content (AvgIpc) is 4.32. The predicted molar refractivity (Wildman–Crippen MR) is 327 cm³/mol. The molecule has 0 aliphatic rings. The van der Waals surface area contributed by atoms with Crippen LogP contribution in [0.3, 0.4) is 0 Å². The summed E-state index contributed by atoms with van der Waals surface area (Å²) in [6, 6.07) is 83.3. The van der Waals surface area contributed by atoms with Gasteiger partial charge in [0.1, 0.15) is 11.2 Å². The average molecular weight is 1040 g/mol. The first-order chi connectivity index (χ1) is 38.1. The van der Waals surface area contributed by atoms with Crippen LogP contribution in [-0.4, -0.2) is 19.5 Å². The second-order valence-corrected chi connectivity index (χ2v) is 23.1. The number of furan rings is 1.